The van der Waals surface area contributed by atoms with E-state index in [4.69, 9.17) is 24.7 Å². The number of hydrogen-bond donors (Lipinski definition) is 2. The van der Waals surface area contributed by atoms with Crippen LogP contribution >= 0.6 is 0 Å². The number of allylic oxidation sites excluding steroid dienone is 5. The van der Waals surface area contributed by atoms with Crippen LogP contribution in [0.5, 0.6) is 0 Å². The zero-order chi connectivity index (χ0) is 30.1. The summed E-state index contributed by atoms with van der Waals surface area (Å²) < 4.78 is 22.9. The van der Waals surface area contributed by atoms with Crippen LogP contribution in [0.15, 0.2) is 58.9 Å². The number of nitrogens with two attached hydrogens (primary N) is 1. The van der Waals surface area contributed by atoms with E-state index in [2.05, 4.69) is 5.32 Å². The predicted octanol–water partition coefficient (Wildman–Crippen LogP) is 3.33. The lowest BCUT2D eigenvalue weighted by atomic mass is 9.83. The first-order valence-corrected chi connectivity index (χ1v) is 13.3. The Bertz CT molecular complexity index is 1130. The molecule has 10 nitrogen and oxygen atoms in total. The van der Waals surface area contributed by atoms with E-state index in [1.807, 2.05) is 33.8 Å². The normalized spacial score (nSPS) is 34.4. The molecule has 0 radical (unpaired) electrons. The molecule has 0 aromatic heterocycles. The molecule has 1 heterocycles. The lowest BCUT2D eigenvalue weighted by Crippen LogP contribution is -2.40. The minimum Gasteiger partial charge on any atom is -0.441 e. The summed E-state index contributed by atoms with van der Waals surface area (Å²) in [6.45, 7) is 9.17. The van der Waals surface area contributed by atoms with Crippen molar-refractivity contribution >= 4 is 23.6 Å². The third-order valence-corrected chi connectivity index (χ3v) is 7.29. The highest BCUT2D eigenvalue weighted by molar-refractivity contribution is 6.22. The predicted molar refractivity (Wildman–Crippen MR) is 150 cm³/mol. The van der Waals surface area contributed by atoms with E-state index in [1.54, 1.807) is 39.4 Å². The molecule has 2 rings (SSSR count). The Morgan fingerprint density at radius 1 is 0.950 bits per heavy atom. The van der Waals surface area contributed by atoms with E-state index < -0.39 is 48.0 Å². The SMILES string of the molecule is CO[C@@H]1[C@H](C)/C=C(\C)[C@H](OC(N)=O)[C@@H](C)/C=C/C=C(/C)C(=O)NC2=CC(=O)C=C(C2=O)[C@@H](OC)[C@@H](C)C[C@H]1OC. The fraction of sp³-hybridized carbons (Fsp3) is 0.533. The van der Waals surface area contributed by atoms with Crippen molar-refractivity contribution in [2.75, 3.05) is 21.3 Å². The highest BCUT2D eigenvalue weighted by atomic mass is 16.6. The van der Waals surface area contributed by atoms with Gasteiger partial charge in [-0.1, -0.05) is 45.1 Å². The summed E-state index contributed by atoms with van der Waals surface area (Å²) in [6.07, 6.45) is 6.65. The number of hydrogen-bond acceptors (Lipinski definition) is 8. The van der Waals surface area contributed by atoms with Gasteiger partial charge in [-0.3, -0.25) is 14.4 Å². The summed E-state index contributed by atoms with van der Waals surface area (Å²) in [6, 6.07) is 0. The van der Waals surface area contributed by atoms with Gasteiger partial charge in [-0.25, -0.2) is 4.79 Å². The third-order valence-electron chi connectivity index (χ3n) is 7.29. The highest BCUT2D eigenvalue weighted by Gasteiger charge is 2.36. The molecule has 0 aromatic rings. The molecule has 2 amide bonds. The van der Waals surface area contributed by atoms with Crippen molar-refractivity contribution in [1.29, 1.82) is 0 Å². The van der Waals surface area contributed by atoms with Gasteiger partial charge >= 0.3 is 6.09 Å². The molecule has 3 N–H and O–H groups in total. The maximum atomic E-state index is 13.4. The standard InChI is InChI=1S/C30H42N2O8/c1-16-10-9-11-17(2)29(35)32-23-15-21(33)14-22(25(23)34)27(38-7)20(5)13-24(37-6)28(39-8)19(4)12-18(3)26(16)40-30(31)36/h9-12,14-16,19-20,24,26-28H,13H2,1-8H3,(H2,31,36)(H,32,35)/b10-9+,17-11-,18-12+/t16-,19+,20-,24+,26+,27-,28+/m0/s1. The van der Waals surface area contributed by atoms with Crippen LogP contribution in [-0.4, -0.2) is 69.3 Å². The summed E-state index contributed by atoms with van der Waals surface area (Å²) in [5.74, 6) is -2.19. The van der Waals surface area contributed by atoms with Crippen molar-refractivity contribution in [3.8, 4) is 0 Å². The number of nitrogens with one attached hydrogen (secondary N) is 1. The van der Waals surface area contributed by atoms with Gasteiger partial charge in [-0.05, 0) is 37.8 Å². The van der Waals surface area contributed by atoms with Crippen molar-refractivity contribution in [2.24, 2.45) is 23.5 Å². The van der Waals surface area contributed by atoms with Crippen molar-refractivity contribution in [2.45, 2.75) is 65.5 Å². The largest absolute Gasteiger partial charge is 0.441 e. The van der Waals surface area contributed by atoms with Crippen LogP contribution in [0.3, 0.4) is 0 Å². The van der Waals surface area contributed by atoms with Gasteiger partial charge in [0.2, 0.25) is 5.78 Å². The van der Waals surface area contributed by atoms with Crippen LogP contribution < -0.4 is 11.1 Å². The van der Waals surface area contributed by atoms with Gasteiger partial charge in [0, 0.05) is 50.4 Å². The van der Waals surface area contributed by atoms with E-state index in [0.29, 0.717) is 12.0 Å². The molecule has 1 aliphatic heterocycles. The fourth-order valence-electron chi connectivity index (χ4n) is 5.27. The topological polar surface area (TPSA) is 143 Å². The second-order valence-corrected chi connectivity index (χ2v) is 10.4. The molecule has 0 fully saturated rings. The molecule has 0 saturated heterocycles. The molecular weight excluding hydrogens is 516 g/mol. The lowest BCUT2D eigenvalue weighted by molar-refractivity contribution is -0.120. The Morgan fingerprint density at radius 3 is 2.20 bits per heavy atom. The third kappa shape index (κ3) is 8.33. The Labute approximate surface area is 236 Å². The fourth-order valence-corrected chi connectivity index (χ4v) is 5.27. The first-order chi connectivity index (χ1) is 18.8. The number of primary amides is 1. The molecule has 1 aliphatic carbocycles. The molecule has 10 heteroatoms. The second kappa shape index (κ2) is 14.9. The zero-order valence-electron chi connectivity index (χ0n) is 24.6. The van der Waals surface area contributed by atoms with E-state index >= 15 is 0 Å². The van der Waals surface area contributed by atoms with Gasteiger partial charge in [0.05, 0.1) is 24.0 Å². The Hall–Kier alpha value is -3.34. The van der Waals surface area contributed by atoms with Crippen LogP contribution in [0, 0.1) is 17.8 Å². The van der Waals surface area contributed by atoms with E-state index in [0.717, 1.165) is 11.6 Å². The van der Waals surface area contributed by atoms with Gasteiger partial charge in [0.15, 0.2) is 5.78 Å². The molecule has 0 saturated carbocycles. The van der Waals surface area contributed by atoms with Crippen molar-refractivity contribution in [1.82, 2.24) is 5.32 Å². The average molecular weight is 559 g/mol. The number of fused-ring (bicyclic) bond motifs is 2. The van der Waals surface area contributed by atoms with Gasteiger partial charge < -0.3 is 30.0 Å². The summed E-state index contributed by atoms with van der Waals surface area (Å²) in [5.41, 5.74) is 6.49. The Balaban J connectivity index is 2.62. The molecule has 0 unspecified atom stereocenters. The van der Waals surface area contributed by atoms with Crippen molar-refractivity contribution < 1.29 is 38.1 Å². The zero-order valence-corrected chi connectivity index (χ0v) is 24.6. The van der Waals surface area contributed by atoms with Crippen molar-refractivity contribution in [3.05, 3.63) is 58.9 Å². The minimum atomic E-state index is -0.902. The van der Waals surface area contributed by atoms with Gasteiger partial charge in [0.25, 0.3) is 5.91 Å². The van der Waals surface area contributed by atoms with Gasteiger partial charge in [-0.2, -0.15) is 0 Å². The van der Waals surface area contributed by atoms with E-state index in [-0.39, 0.29) is 29.0 Å². The van der Waals surface area contributed by atoms with Gasteiger partial charge in [0.1, 0.15) is 6.10 Å². The Morgan fingerprint density at radius 2 is 1.62 bits per heavy atom. The van der Waals surface area contributed by atoms with Crippen LogP contribution in [0.1, 0.15) is 41.0 Å². The molecule has 40 heavy (non-hydrogen) atoms. The number of methoxy groups -OCH3 is 3. The van der Waals surface area contributed by atoms with Crippen LogP contribution in [0.2, 0.25) is 0 Å². The smallest absolute Gasteiger partial charge is 0.405 e. The number of Topliss-reactive ketones (excluding diaryl/α,β-unsaturated/α-hetero) is 1. The van der Waals surface area contributed by atoms with Crippen molar-refractivity contribution in [3.63, 3.8) is 0 Å². The number of amides is 2. The first kappa shape index (κ1) is 32.9. The molecular formula is C30H42N2O8. The van der Waals surface area contributed by atoms with E-state index in [1.165, 1.54) is 13.2 Å². The lowest BCUT2D eigenvalue weighted by Gasteiger charge is -2.34. The number of carbonyl (C=O) groups excluding carboxylic acids is 4. The first-order valence-electron chi connectivity index (χ1n) is 13.3. The number of rotatable bonds is 4. The number of carbonyl (C=O) groups is 4. The average Bonchev–Trinajstić information content (AvgIpc) is 2.88. The summed E-state index contributed by atoms with van der Waals surface area (Å²) in [7, 11) is 4.64. The number of ether oxygens (including phenoxy) is 4. The molecule has 7 atom stereocenters. The maximum Gasteiger partial charge on any atom is 0.405 e. The maximum absolute atomic E-state index is 13.4. The molecule has 2 aliphatic rings. The monoisotopic (exact) mass is 558 g/mol. The van der Waals surface area contributed by atoms with Gasteiger partial charge in [-0.15, -0.1) is 0 Å². The molecule has 220 valence electrons. The van der Waals surface area contributed by atoms with E-state index in [9.17, 15) is 19.2 Å². The highest BCUT2D eigenvalue weighted by Crippen LogP contribution is 2.30. The summed E-state index contributed by atoms with van der Waals surface area (Å²) in [4.78, 5) is 50.5. The van der Waals surface area contributed by atoms with Crippen LogP contribution in [0.25, 0.3) is 0 Å². The second-order valence-electron chi connectivity index (χ2n) is 10.4. The number of ketones is 2. The Kier molecular flexibility index (Phi) is 12.2. The molecule has 0 spiro atoms. The quantitative estimate of drug-likeness (QED) is 0.395. The summed E-state index contributed by atoms with van der Waals surface area (Å²) >= 11 is 0. The van der Waals surface area contributed by atoms with Crippen LogP contribution in [-0.2, 0) is 33.3 Å². The molecule has 2 bridgehead atoms. The minimum absolute atomic E-state index is 0.119. The van der Waals surface area contributed by atoms with Crippen LogP contribution in [0.4, 0.5) is 4.79 Å². The summed E-state index contributed by atoms with van der Waals surface area (Å²) in [5, 5.41) is 2.56. The molecule has 0 aromatic carbocycles.